The smallest absolute Gasteiger partial charge is 0.269 e. The molecule has 0 amide bonds. The second-order valence-electron chi connectivity index (χ2n) is 6.67. The Morgan fingerprint density at radius 2 is 1.79 bits per heavy atom. The third-order valence-electron chi connectivity index (χ3n) is 4.58. The highest BCUT2D eigenvalue weighted by molar-refractivity contribution is 9.10. The molecule has 4 rings (SSSR count). The second-order valence-corrected chi connectivity index (χ2v) is 9.51. The van der Waals surface area contributed by atoms with Gasteiger partial charge in [-0.25, -0.2) is 12.8 Å². The SMILES string of the molecule is N#C/C(=C\c1c(Oc2ccccc2F)nc2ccccn2c1=O)S(=O)(=O)c1ccc(Br)cc1. The molecular formula is C23H13BrFN3O4S. The molecule has 0 bridgehead atoms. The number of nitriles is 1. The lowest BCUT2D eigenvalue weighted by Crippen LogP contribution is -2.19. The number of ether oxygens (including phenoxy) is 1. The summed E-state index contributed by atoms with van der Waals surface area (Å²) in [5, 5.41) is 9.63. The van der Waals surface area contributed by atoms with Crippen molar-refractivity contribution in [2.75, 3.05) is 0 Å². The van der Waals surface area contributed by atoms with E-state index in [9.17, 15) is 22.9 Å². The Morgan fingerprint density at radius 3 is 2.48 bits per heavy atom. The summed E-state index contributed by atoms with van der Waals surface area (Å²) >= 11 is 3.23. The van der Waals surface area contributed by atoms with Crippen LogP contribution in [0.2, 0.25) is 0 Å². The standard InChI is InChI=1S/C23H13BrFN3O4S/c24-15-8-10-16(11-9-15)33(30,31)17(14-26)13-18-22(32-20-6-2-1-5-19(20)25)27-21-7-3-4-12-28(21)23(18)29/h1-13H/b17-13+. The van der Waals surface area contributed by atoms with E-state index in [0.29, 0.717) is 4.47 Å². The van der Waals surface area contributed by atoms with Crippen molar-refractivity contribution in [2.45, 2.75) is 4.90 Å². The van der Waals surface area contributed by atoms with Gasteiger partial charge in [-0.1, -0.05) is 34.1 Å². The lowest BCUT2D eigenvalue weighted by Gasteiger charge is -2.11. The maximum atomic E-state index is 14.2. The van der Waals surface area contributed by atoms with Gasteiger partial charge in [-0.15, -0.1) is 0 Å². The largest absolute Gasteiger partial charge is 0.435 e. The summed E-state index contributed by atoms with van der Waals surface area (Å²) in [6, 6.07) is 17.6. The fourth-order valence-electron chi connectivity index (χ4n) is 2.96. The van der Waals surface area contributed by atoms with Crippen LogP contribution in [-0.4, -0.2) is 17.8 Å². The zero-order valence-corrected chi connectivity index (χ0v) is 19.0. The van der Waals surface area contributed by atoms with E-state index in [1.165, 1.54) is 59.1 Å². The number of allylic oxidation sites excluding steroid dienone is 1. The van der Waals surface area contributed by atoms with Gasteiger partial charge in [0, 0.05) is 10.7 Å². The zero-order chi connectivity index (χ0) is 23.6. The van der Waals surface area contributed by atoms with Crippen LogP contribution in [0.25, 0.3) is 11.7 Å². The maximum absolute atomic E-state index is 14.2. The van der Waals surface area contributed by atoms with Crippen LogP contribution in [0.3, 0.4) is 0 Å². The van der Waals surface area contributed by atoms with Crippen LogP contribution in [0.4, 0.5) is 4.39 Å². The Morgan fingerprint density at radius 1 is 1.09 bits per heavy atom. The molecule has 0 saturated heterocycles. The van der Waals surface area contributed by atoms with Gasteiger partial charge in [-0.3, -0.25) is 9.20 Å². The lowest BCUT2D eigenvalue weighted by atomic mass is 10.2. The van der Waals surface area contributed by atoms with Crippen molar-refractivity contribution in [3.63, 3.8) is 0 Å². The van der Waals surface area contributed by atoms with Gasteiger partial charge in [0.1, 0.15) is 22.2 Å². The average Bonchev–Trinajstić information content (AvgIpc) is 2.80. The molecule has 0 aliphatic rings. The van der Waals surface area contributed by atoms with Crippen molar-refractivity contribution in [1.29, 1.82) is 5.26 Å². The highest BCUT2D eigenvalue weighted by Gasteiger charge is 2.24. The van der Waals surface area contributed by atoms with Crippen molar-refractivity contribution >= 4 is 37.5 Å². The number of aromatic nitrogens is 2. The Labute approximate surface area is 196 Å². The van der Waals surface area contributed by atoms with Gasteiger partial charge in [-0.2, -0.15) is 10.2 Å². The molecule has 0 fully saturated rings. The van der Waals surface area contributed by atoms with E-state index in [0.717, 1.165) is 12.1 Å². The summed E-state index contributed by atoms with van der Waals surface area (Å²) in [4.78, 5) is 16.6. The van der Waals surface area contributed by atoms with Crippen LogP contribution >= 0.6 is 15.9 Å². The van der Waals surface area contributed by atoms with Crippen LogP contribution in [0.5, 0.6) is 11.6 Å². The molecule has 0 aliphatic carbocycles. The van der Waals surface area contributed by atoms with Gasteiger partial charge >= 0.3 is 0 Å². The first-order valence-corrected chi connectivity index (χ1v) is 11.6. The summed E-state index contributed by atoms with van der Waals surface area (Å²) in [6.07, 6.45) is 2.33. The van der Waals surface area contributed by atoms with E-state index >= 15 is 0 Å². The predicted octanol–water partition coefficient (Wildman–Crippen LogP) is 4.73. The van der Waals surface area contributed by atoms with Crippen LogP contribution in [0, 0.1) is 17.1 Å². The fourth-order valence-corrected chi connectivity index (χ4v) is 4.36. The number of sulfone groups is 1. The van der Waals surface area contributed by atoms with E-state index in [4.69, 9.17) is 4.74 Å². The molecule has 0 aliphatic heterocycles. The number of halogens is 2. The average molecular weight is 526 g/mol. The number of hydrogen-bond acceptors (Lipinski definition) is 6. The van der Waals surface area contributed by atoms with E-state index in [1.54, 1.807) is 18.2 Å². The van der Waals surface area contributed by atoms with Gasteiger partial charge in [0.2, 0.25) is 15.7 Å². The summed E-state index contributed by atoms with van der Waals surface area (Å²) in [7, 11) is -4.26. The highest BCUT2D eigenvalue weighted by Crippen LogP contribution is 2.28. The molecule has 2 heterocycles. The molecular weight excluding hydrogens is 513 g/mol. The normalized spacial score (nSPS) is 11.8. The van der Waals surface area contributed by atoms with Gasteiger partial charge in [-0.05, 0) is 54.6 Å². The summed E-state index contributed by atoms with van der Waals surface area (Å²) < 4.78 is 47.6. The van der Waals surface area contributed by atoms with Crippen molar-refractivity contribution in [1.82, 2.24) is 9.38 Å². The van der Waals surface area contributed by atoms with E-state index in [1.807, 2.05) is 0 Å². The number of hydrogen-bond donors (Lipinski definition) is 0. The molecule has 10 heteroatoms. The van der Waals surface area contributed by atoms with E-state index in [-0.39, 0.29) is 27.7 Å². The zero-order valence-electron chi connectivity index (χ0n) is 16.6. The Hall–Kier alpha value is -3.81. The lowest BCUT2D eigenvalue weighted by molar-refractivity contribution is 0.426. The minimum absolute atomic E-state index is 0.135. The number of rotatable bonds is 5. The third kappa shape index (κ3) is 4.41. The monoisotopic (exact) mass is 525 g/mol. The van der Waals surface area contributed by atoms with Crippen LogP contribution < -0.4 is 10.3 Å². The molecule has 4 aromatic rings. The quantitative estimate of drug-likeness (QED) is 0.349. The molecule has 0 radical (unpaired) electrons. The summed E-state index contributed by atoms with van der Waals surface area (Å²) in [6.45, 7) is 0. The highest BCUT2D eigenvalue weighted by atomic mass is 79.9. The molecule has 0 unspecified atom stereocenters. The van der Waals surface area contributed by atoms with E-state index < -0.39 is 26.1 Å². The molecule has 0 N–H and O–H groups in total. The number of benzene rings is 2. The fraction of sp³-hybridized carbons (Fsp3) is 0. The molecule has 2 aromatic heterocycles. The molecule has 2 aromatic carbocycles. The van der Waals surface area contributed by atoms with Crippen molar-refractivity contribution in [2.24, 2.45) is 0 Å². The maximum Gasteiger partial charge on any atom is 0.269 e. The third-order valence-corrected chi connectivity index (χ3v) is 6.79. The van der Waals surface area contributed by atoms with Crippen molar-refractivity contribution in [3.05, 3.63) is 104 Å². The number of para-hydroxylation sites is 1. The van der Waals surface area contributed by atoms with Gasteiger partial charge in [0.05, 0.1) is 4.90 Å². The summed E-state index contributed by atoms with van der Waals surface area (Å²) in [5.74, 6) is -1.26. The number of nitrogens with zero attached hydrogens (tertiary/aromatic N) is 3. The summed E-state index contributed by atoms with van der Waals surface area (Å²) in [5.41, 5.74) is -0.815. The predicted molar refractivity (Wildman–Crippen MR) is 123 cm³/mol. The molecule has 7 nitrogen and oxygen atoms in total. The Bertz CT molecular complexity index is 1610. The second kappa shape index (κ2) is 8.97. The Kier molecular flexibility index (Phi) is 6.09. The number of fused-ring (bicyclic) bond motifs is 1. The van der Waals surface area contributed by atoms with Crippen LogP contribution in [0.1, 0.15) is 5.56 Å². The molecule has 33 heavy (non-hydrogen) atoms. The van der Waals surface area contributed by atoms with E-state index in [2.05, 4.69) is 20.9 Å². The molecule has 0 spiro atoms. The van der Waals surface area contributed by atoms with Gasteiger partial charge < -0.3 is 4.74 Å². The van der Waals surface area contributed by atoms with Gasteiger partial charge in [0.15, 0.2) is 11.6 Å². The number of pyridine rings is 1. The minimum atomic E-state index is -4.26. The van der Waals surface area contributed by atoms with Crippen molar-refractivity contribution in [3.8, 4) is 17.7 Å². The molecule has 0 atom stereocenters. The molecule has 0 saturated carbocycles. The Balaban J connectivity index is 1.95. The first kappa shape index (κ1) is 22.4. The first-order chi connectivity index (χ1) is 15.8. The topological polar surface area (TPSA) is 102 Å². The van der Waals surface area contributed by atoms with Gasteiger partial charge in [0.25, 0.3) is 5.56 Å². The van der Waals surface area contributed by atoms with Crippen molar-refractivity contribution < 1.29 is 17.5 Å². The van der Waals surface area contributed by atoms with Crippen LogP contribution in [-0.2, 0) is 9.84 Å². The first-order valence-electron chi connectivity index (χ1n) is 9.37. The minimum Gasteiger partial charge on any atom is -0.435 e. The molecule has 164 valence electrons. The van der Waals surface area contributed by atoms with Crippen LogP contribution in [0.15, 0.2) is 92.0 Å².